The summed E-state index contributed by atoms with van der Waals surface area (Å²) in [6.07, 6.45) is 24.2. The van der Waals surface area contributed by atoms with Crippen LogP contribution in [0.2, 0.25) is 0 Å². The van der Waals surface area contributed by atoms with Crippen molar-refractivity contribution in [3.05, 3.63) is 459 Å². The maximum Gasteiger partial charge on any atom is 0.216 e. The Labute approximate surface area is 875 Å². The normalized spacial score (nSPS) is 13.7. The number of aryl methyl sites for hydroxylation is 2. The minimum Gasteiger partial charge on any atom is -0.512 e. The molecule has 20 aromatic rings. The molecule has 26 rings (SSSR count). The molecule has 144 heavy (non-hydrogen) atoms. The molecule has 0 atom stereocenters. The molecule has 0 saturated heterocycles. The van der Waals surface area contributed by atoms with E-state index in [1.807, 2.05) is 496 Å². The summed E-state index contributed by atoms with van der Waals surface area (Å²) in [5.41, 5.74) is 18.3. The second-order valence-electron chi connectivity index (χ2n) is 33.4. The number of pyridine rings is 5. The third-order valence-electron chi connectivity index (χ3n) is 23.0. The van der Waals surface area contributed by atoms with Crippen LogP contribution in [-0.4, -0.2) is 96.6 Å². The van der Waals surface area contributed by atoms with E-state index in [-0.39, 0.29) is 60.3 Å². The van der Waals surface area contributed by atoms with Crippen LogP contribution in [-0.2, 0) is 60.3 Å². The summed E-state index contributed by atoms with van der Waals surface area (Å²) < 4.78 is 42.2. The second-order valence-corrected chi connectivity index (χ2v) is 33.4. The Morgan fingerprint density at radius 2 is 0.576 bits per heavy atom. The molecule has 9 aromatic heterocycles. The Hall–Kier alpha value is -16.2. The molecule has 0 unspecified atom stereocenters. The third-order valence-corrected chi connectivity index (χ3v) is 23.0. The number of fused-ring (bicyclic) bond motifs is 12. The molecule has 11 aromatic carbocycles. The monoisotopic (exact) mass is 2420 g/mol. The molecule has 0 amide bonds. The Morgan fingerprint density at radius 3 is 0.972 bits per heavy atom. The van der Waals surface area contributed by atoms with Gasteiger partial charge in [-0.15, -0.1) is 185 Å². The number of benzene rings is 11. The quantitative estimate of drug-likeness (QED) is 0.0882. The fraction of sp³-hybridized carbons (Fsp3) is 0.0684. The fourth-order valence-electron chi connectivity index (χ4n) is 16.2. The smallest absolute Gasteiger partial charge is 0.216 e. The molecule has 6 aliphatic rings. The van der Waals surface area contributed by atoms with Gasteiger partial charge in [-0.1, -0.05) is 105 Å². The standard InChI is InChI=1S/C29H15NO3.2C23H14N2O2.3C14H15N4.3Ir/c1-3-14-24-18(8-1)20-10-5-12-22(28(20)32-24)23-13-7-17-27(30-23)31-26-16-6-11-21-19-9-2-4-15-25(19)33-29(21)26;1-15-13-14-18-17-9-5-11-20(22(17)27-23(18)24-15)26-21-12-6-10-19(25-21)16-7-3-2-4-8-16;1-15-13-14-18-17-9-5-10-19(22(17)27-23(18)24-15)20-11-6-12-21(25-20)26-16-7-3-2-4-8-16;3*1-15-6-8-17(11-15)13-4-3-5-14(10-13)18-9-7-16(2)12-18;;;/h1-11,13-15,17H;2-7,9-10,12-14H,1H3;2-7,9,11-14H,1H3;3*3-9,11-12H,1-2H3;;;/q3*-2;3*-3;;;. The van der Waals surface area contributed by atoms with Crippen molar-refractivity contribution in [1.29, 1.82) is 0 Å². The van der Waals surface area contributed by atoms with Crippen molar-refractivity contribution in [2.24, 2.45) is 0 Å². The van der Waals surface area contributed by atoms with Gasteiger partial charge in [-0.2, -0.15) is 101 Å². The van der Waals surface area contributed by atoms with E-state index in [1.165, 1.54) is 0 Å². The molecule has 0 aliphatic carbocycles. The largest absolute Gasteiger partial charge is 0.512 e. The molecule has 27 heteroatoms. The van der Waals surface area contributed by atoms with Gasteiger partial charge in [0.15, 0.2) is 0 Å². The first kappa shape index (κ1) is 98.0. The minimum absolute atomic E-state index is 0. The summed E-state index contributed by atoms with van der Waals surface area (Å²) in [5, 5.41) is 8.01. The summed E-state index contributed by atoms with van der Waals surface area (Å²) in [6, 6.07) is 119. The maximum absolute atomic E-state index is 6.15. The van der Waals surface area contributed by atoms with E-state index in [2.05, 4.69) is 80.6 Å². The van der Waals surface area contributed by atoms with Crippen molar-refractivity contribution >= 4 is 122 Å². The van der Waals surface area contributed by atoms with Gasteiger partial charge in [0.25, 0.3) is 0 Å². The van der Waals surface area contributed by atoms with Crippen LogP contribution in [0.3, 0.4) is 0 Å². The van der Waals surface area contributed by atoms with Crippen LogP contribution in [0.5, 0.6) is 34.9 Å². The maximum atomic E-state index is 6.15. The predicted octanol–water partition coefficient (Wildman–Crippen LogP) is 25.9. The zero-order chi connectivity index (χ0) is 95.8. The van der Waals surface area contributed by atoms with Gasteiger partial charge in [0.05, 0.1) is 33.8 Å². The summed E-state index contributed by atoms with van der Waals surface area (Å²) in [5.74, 6) is 3.01. The number of anilines is 6. The van der Waals surface area contributed by atoms with E-state index in [9.17, 15) is 0 Å². The van der Waals surface area contributed by atoms with Crippen molar-refractivity contribution in [3.8, 4) is 68.7 Å². The van der Waals surface area contributed by atoms with E-state index in [0.717, 1.165) is 139 Å². The van der Waals surface area contributed by atoms with E-state index in [0.29, 0.717) is 63.2 Å². The molecule has 0 bridgehead atoms. The number of hydrogen-bond donors (Lipinski definition) is 0. The summed E-state index contributed by atoms with van der Waals surface area (Å²) >= 11 is 0. The number of aromatic nitrogens is 5. The third kappa shape index (κ3) is 22.1. The van der Waals surface area contributed by atoms with E-state index in [4.69, 9.17) is 36.9 Å². The van der Waals surface area contributed by atoms with Gasteiger partial charge in [0, 0.05) is 99.0 Å². The van der Waals surface area contributed by atoms with E-state index in [1.54, 1.807) is 6.07 Å². The molecule has 3 radical (unpaired) electrons. The SMILES string of the molecule is CN1C=CN(c2[c-]c(N3C=CN(C)[CH-]3)ccc2)[CH-]1.CN1C=CN(c2[c-]c(N3C=CN(C)[CH-]3)ccc2)[CH-]1.CN1C=CN(c2[c-]c(N3C=CN(C)[CH-]3)ccc2)[CH-]1.Cc1ccc2c(n1)oc1c(-c3cccc(Oc4[c-]cccc4)n3)[c-]ccc12.Cc1ccc2c(n1)oc1c(Oc3cccc(-c4[c-]cccc4)n3)[c-]ccc12.[Ir].[Ir].[Ir].[c-]1ccc2c(oc3ccccc32)c1Oc1cccc(-c2[c-]ccc3c2oc2ccccc23)n1. The van der Waals surface area contributed by atoms with Gasteiger partial charge in [-0.05, 0) is 202 Å². The zero-order valence-corrected chi connectivity index (χ0v) is 86.1. The number of para-hydroxylation sites is 3. The summed E-state index contributed by atoms with van der Waals surface area (Å²) in [4.78, 5) is 47.3. The number of hydrogen-bond acceptors (Lipinski definition) is 24. The van der Waals surface area contributed by atoms with Crippen LogP contribution in [0.4, 0.5) is 34.1 Å². The molecule has 15 heterocycles. The molecule has 0 N–H and O–H groups in total. The molecular weight excluding hydrogens is 2330 g/mol. The average molecular weight is 2420 g/mol. The molecule has 725 valence electrons. The van der Waals surface area contributed by atoms with Crippen LogP contribution < -0.4 is 43.6 Å². The average Bonchev–Trinajstić information content (AvgIpc) is 1.63. The molecule has 0 saturated carbocycles. The van der Waals surface area contributed by atoms with Gasteiger partial charge in [-0.3, -0.25) is 15.0 Å². The molecule has 0 fully saturated rings. The van der Waals surface area contributed by atoms with Crippen LogP contribution in [0.1, 0.15) is 11.4 Å². The molecule has 24 nitrogen and oxygen atoms in total. The van der Waals surface area contributed by atoms with Gasteiger partial charge in [0.1, 0.15) is 11.2 Å². The summed E-state index contributed by atoms with van der Waals surface area (Å²) in [7, 11) is 12.0. The predicted molar refractivity (Wildman–Crippen MR) is 554 cm³/mol. The van der Waals surface area contributed by atoms with Gasteiger partial charge < -0.3 is 90.7 Å². The van der Waals surface area contributed by atoms with E-state index < -0.39 is 0 Å². The Morgan fingerprint density at radius 1 is 0.250 bits per heavy atom. The number of furan rings is 4. The number of rotatable bonds is 15. The van der Waals surface area contributed by atoms with E-state index >= 15 is 0 Å². The molecule has 6 aliphatic heterocycles. The van der Waals surface area contributed by atoms with Gasteiger partial charge >= 0.3 is 0 Å². The van der Waals surface area contributed by atoms with Gasteiger partial charge in [-0.25, -0.2) is 9.97 Å². The van der Waals surface area contributed by atoms with Crippen molar-refractivity contribution in [2.75, 3.05) is 71.7 Å². The first-order chi connectivity index (χ1) is 69.1. The molecule has 0 spiro atoms. The van der Waals surface area contributed by atoms with Gasteiger partial charge in [0.2, 0.25) is 29.1 Å². The number of nitrogens with zero attached hydrogens (tertiary/aromatic N) is 17. The Balaban J connectivity index is 0.000000115. The van der Waals surface area contributed by atoms with Crippen molar-refractivity contribution in [2.45, 2.75) is 13.8 Å². The topological polar surface area (TPSA) is 184 Å². The second kappa shape index (κ2) is 44.3. The Kier molecular flexibility index (Phi) is 30.1. The first-order valence-corrected chi connectivity index (χ1v) is 45.3. The van der Waals surface area contributed by atoms with Crippen molar-refractivity contribution in [3.63, 3.8) is 0 Å². The first-order valence-electron chi connectivity index (χ1n) is 45.3. The number of ether oxygens (including phenoxy) is 3. The minimum atomic E-state index is 0. The zero-order valence-electron chi connectivity index (χ0n) is 78.9. The van der Waals surface area contributed by atoms with Crippen LogP contribution >= 0.6 is 0 Å². The van der Waals surface area contributed by atoms with Crippen LogP contribution in [0.25, 0.3) is 122 Å². The van der Waals surface area contributed by atoms with Crippen molar-refractivity contribution < 1.29 is 92.2 Å². The van der Waals surface area contributed by atoms with Crippen LogP contribution in [0.15, 0.2) is 371 Å². The van der Waals surface area contributed by atoms with Crippen molar-refractivity contribution in [1.82, 2.24) is 54.3 Å². The Bertz CT molecular complexity index is 7810. The summed E-state index contributed by atoms with van der Waals surface area (Å²) in [6.45, 7) is 16.0. The van der Waals surface area contributed by atoms with Crippen LogP contribution in [0, 0.1) is 108 Å². The molecular formula is C117H88Ir3N17O7-15. The fourth-order valence-corrected chi connectivity index (χ4v) is 16.2.